The molecule has 0 aliphatic carbocycles. The summed E-state index contributed by atoms with van der Waals surface area (Å²) >= 11 is 0. The number of nitrogens with zero attached hydrogens (tertiary/aromatic N) is 4. The molecule has 2 aromatic carbocycles. The van der Waals surface area contributed by atoms with E-state index in [1.165, 1.54) is 22.7 Å². The quantitative estimate of drug-likeness (QED) is 0.438. The van der Waals surface area contributed by atoms with Crippen molar-refractivity contribution in [3.8, 4) is 17.2 Å². The molecule has 2 heterocycles. The van der Waals surface area contributed by atoms with Gasteiger partial charge in [-0.25, -0.2) is 13.9 Å². The smallest absolute Gasteiger partial charge is 0.351 e. The van der Waals surface area contributed by atoms with E-state index in [1.54, 1.807) is 36.4 Å². The topological polar surface area (TPSA) is 92.2 Å². The third kappa shape index (κ3) is 4.68. The number of pyridine rings is 1. The maximum Gasteiger partial charge on any atom is 0.416 e. The summed E-state index contributed by atoms with van der Waals surface area (Å²) in [5, 5.41) is 15.6. The van der Waals surface area contributed by atoms with Gasteiger partial charge in [-0.1, -0.05) is 24.3 Å². The number of rotatable bonds is 6. The summed E-state index contributed by atoms with van der Waals surface area (Å²) in [7, 11) is 0. The van der Waals surface area contributed by atoms with E-state index in [-0.39, 0.29) is 31.0 Å². The lowest BCUT2D eigenvalue weighted by Crippen LogP contribution is -2.24. The molecule has 1 N–H and O–H groups in total. The van der Waals surface area contributed by atoms with Gasteiger partial charge in [0.25, 0.3) is 5.91 Å². The summed E-state index contributed by atoms with van der Waals surface area (Å²) in [5.74, 6) is -0.337. The highest BCUT2D eigenvalue weighted by atomic mass is 19.4. The first-order valence-electron chi connectivity index (χ1n) is 10.3. The molecule has 0 saturated carbocycles. The Balaban J connectivity index is 1.69. The van der Waals surface area contributed by atoms with Crippen LogP contribution in [0.25, 0.3) is 16.8 Å². The van der Waals surface area contributed by atoms with Gasteiger partial charge in [-0.2, -0.15) is 18.4 Å². The van der Waals surface area contributed by atoms with Crippen molar-refractivity contribution in [3.05, 3.63) is 94.0 Å². The zero-order valence-corrected chi connectivity index (χ0v) is 17.7. The minimum atomic E-state index is -4.49. The molecule has 4 aromatic rings. The summed E-state index contributed by atoms with van der Waals surface area (Å²) in [4.78, 5) is 25.2. The average Bonchev–Trinajstić information content (AvgIpc) is 3.14. The largest absolute Gasteiger partial charge is 0.416 e. The number of carbonyl (C=O) groups excluding carboxylic acids is 1. The first-order chi connectivity index (χ1) is 16.3. The second-order valence-corrected chi connectivity index (χ2v) is 7.50. The Morgan fingerprint density at radius 3 is 2.65 bits per heavy atom. The van der Waals surface area contributed by atoms with E-state index in [2.05, 4.69) is 10.4 Å². The van der Waals surface area contributed by atoms with Gasteiger partial charge in [-0.3, -0.25) is 4.79 Å². The van der Waals surface area contributed by atoms with Gasteiger partial charge in [-0.05, 0) is 47.5 Å². The van der Waals surface area contributed by atoms with Crippen LogP contribution in [0, 0.1) is 11.3 Å². The van der Waals surface area contributed by atoms with Crippen LogP contribution in [0.1, 0.15) is 27.9 Å². The number of carbonyl (C=O) groups is 1. The van der Waals surface area contributed by atoms with Crippen LogP contribution in [-0.4, -0.2) is 26.6 Å². The van der Waals surface area contributed by atoms with E-state index in [9.17, 15) is 22.8 Å². The van der Waals surface area contributed by atoms with E-state index in [4.69, 9.17) is 5.26 Å². The fourth-order valence-corrected chi connectivity index (χ4v) is 3.55. The standard InChI is InChI=1S/C24H18F3N5O2/c25-24(26,27)19-8-1-5-16(13-19)15-32-23(34)31-12-3-9-20(21(31)30-32)17-6-2-7-18(14-17)22(33)29-11-4-10-28/h1-3,5-9,12-14H,4,11,15H2,(H,29,33). The van der Waals surface area contributed by atoms with Crippen LogP contribution in [0.4, 0.5) is 13.2 Å². The first-order valence-corrected chi connectivity index (χ1v) is 10.3. The number of nitrogens with one attached hydrogen (secondary N) is 1. The second-order valence-electron chi connectivity index (χ2n) is 7.50. The summed E-state index contributed by atoms with van der Waals surface area (Å²) in [6.45, 7) is 0.0930. The van der Waals surface area contributed by atoms with Crippen molar-refractivity contribution < 1.29 is 18.0 Å². The molecule has 0 radical (unpaired) electrons. The minimum absolute atomic E-state index is 0.134. The average molecular weight is 465 g/mol. The Labute approximate surface area is 191 Å². The molecule has 0 aliphatic rings. The van der Waals surface area contributed by atoms with Crippen LogP contribution in [0.2, 0.25) is 0 Å². The lowest BCUT2D eigenvalue weighted by Gasteiger charge is -2.08. The number of nitriles is 1. The highest BCUT2D eigenvalue weighted by Crippen LogP contribution is 2.29. The molecule has 34 heavy (non-hydrogen) atoms. The van der Waals surface area contributed by atoms with E-state index in [0.717, 1.165) is 16.8 Å². The summed E-state index contributed by atoms with van der Waals surface area (Å²) in [6, 6.07) is 16.8. The number of hydrogen-bond donors (Lipinski definition) is 1. The van der Waals surface area contributed by atoms with Gasteiger partial charge in [0, 0.05) is 23.9 Å². The van der Waals surface area contributed by atoms with Gasteiger partial charge in [0.1, 0.15) is 0 Å². The number of alkyl halides is 3. The zero-order valence-electron chi connectivity index (χ0n) is 17.7. The SMILES string of the molecule is N#CCCNC(=O)c1cccc(-c2cccn3c(=O)n(Cc4cccc(C(F)(F)F)c4)nc23)c1. The molecule has 0 aliphatic heterocycles. The van der Waals surface area contributed by atoms with Crippen LogP contribution in [-0.2, 0) is 12.7 Å². The summed E-state index contributed by atoms with van der Waals surface area (Å²) in [5.41, 5.74) is 0.887. The molecule has 0 atom stereocenters. The van der Waals surface area contributed by atoms with Crippen molar-refractivity contribution in [2.75, 3.05) is 6.54 Å². The Kier molecular flexibility index (Phi) is 6.19. The van der Waals surface area contributed by atoms with Gasteiger partial charge in [0.05, 0.1) is 24.6 Å². The Morgan fingerprint density at radius 1 is 1.09 bits per heavy atom. The Hall–Kier alpha value is -4.39. The first kappa shape index (κ1) is 22.8. The maximum atomic E-state index is 13.0. The van der Waals surface area contributed by atoms with Crippen LogP contribution in [0.3, 0.4) is 0 Å². The van der Waals surface area contributed by atoms with E-state index in [1.807, 2.05) is 6.07 Å². The van der Waals surface area contributed by atoms with Crippen LogP contribution < -0.4 is 11.0 Å². The second kappa shape index (κ2) is 9.23. The number of benzene rings is 2. The molecule has 2 aromatic heterocycles. The van der Waals surface area contributed by atoms with E-state index < -0.39 is 17.4 Å². The molecule has 7 nitrogen and oxygen atoms in total. The third-order valence-corrected chi connectivity index (χ3v) is 5.15. The van der Waals surface area contributed by atoms with Gasteiger partial charge in [0.2, 0.25) is 0 Å². The number of amides is 1. The Bertz CT molecular complexity index is 1460. The number of halogens is 3. The van der Waals surface area contributed by atoms with Crippen LogP contribution in [0.5, 0.6) is 0 Å². The highest BCUT2D eigenvalue weighted by Gasteiger charge is 2.30. The molecule has 0 unspecified atom stereocenters. The lowest BCUT2D eigenvalue weighted by atomic mass is 10.0. The molecule has 1 amide bonds. The molecule has 0 saturated heterocycles. The number of aromatic nitrogens is 3. The molecular weight excluding hydrogens is 447 g/mol. The molecule has 10 heteroatoms. The van der Waals surface area contributed by atoms with Crippen molar-refractivity contribution >= 4 is 11.6 Å². The molecule has 0 fully saturated rings. The van der Waals surface area contributed by atoms with Gasteiger partial charge in [0.15, 0.2) is 5.65 Å². The summed E-state index contributed by atoms with van der Waals surface area (Å²) < 4.78 is 41.5. The van der Waals surface area contributed by atoms with E-state index >= 15 is 0 Å². The highest BCUT2D eigenvalue weighted by molar-refractivity contribution is 5.96. The number of hydrogen-bond acceptors (Lipinski definition) is 4. The molecule has 4 rings (SSSR count). The van der Waals surface area contributed by atoms with Gasteiger partial charge >= 0.3 is 11.9 Å². The summed E-state index contributed by atoms with van der Waals surface area (Å²) in [6.07, 6.45) is -2.77. The predicted octanol–water partition coefficient (Wildman–Crippen LogP) is 3.87. The van der Waals surface area contributed by atoms with Gasteiger partial charge in [-0.15, -0.1) is 5.10 Å². The molecule has 0 spiro atoms. The van der Waals surface area contributed by atoms with Crippen LogP contribution >= 0.6 is 0 Å². The normalized spacial score (nSPS) is 11.4. The van der Waals surface area contributed by atoms with E-state index in [0.29, 0.717) is 22.3 Å². The molecule has 172 valence electrons. The lowest BCUT2D eigenvalue weighted by molar-refractivity contribution is -0.137. The van der Waals surface area contributed by atoms with Crippen molar-refractivity contribution in [1.29, 1.82) is 5.26 Å². The van der Waals surface area contributed by atoms with Crippen molar-refractivity contribution in [1.82, 2.24) is 19.5 Å². The van der Waals surface area contributed by atoms with Crippen molar-refractivity contribution in [2.45, 2.75) is 19.1 Å². The predicted molar refractivity (Wildman–Crippen MR) is 118 cm³/mol. The fraction of sp³-hybridized carbons (Fsp3) is 0.167. The van der Waals surface area contributed by atoms with Crippen molar-refractivity contribution in [3.63, 3.8) is 0 Å². The molecular formula is C24H18F3N5O2. The van der Waals surface area contributed by atoms with Crippen molar-refractivity contribution in [2.24, 2.45) is 0 Å². The third-order valence-electron chi connectivity index (χ3n) is 5.15. The number of fused-ring (bicyclic) bond motifs is 1. The van der Waals surface area contributed by atoms with Gasteiger partial charge < -0.3 is 5.32 Å². The van der Waals surface area contributed by atoms with Crippen LogP contribution in [0.15, 0.2) is 71.7 Å². The maximum absolute atomic E-state index is 13.0. The monoisotopic (exact) mass is 465 g/mol. The zero-order chi connectivity index (χ0) is 24.3. The fourth-order valence-electron chi connectivity index (χ4n) is 3.55. The molecule has 0 bridgehead atoms. The minimum Gasteiger partial charge on any atom is -0.351 e. The Morgan fingerprint density at radius 2 is 1.88 bits per heavy atom.